The monoisotopic (exact) mass is 600 g/mol. The number of hydrogen-bond donors (Lipinski definition) is 0. The maximum Gasteiger partial charge on any atom is -0.147 e. The largest absolute Gasteiger partial charge is 0.147 e. The summed E-state index contributed by atoms with van der Waals surface area (Å²) in [5.41, 5.74) is 11.4. The summed E-state index contributed by atoms with van der Waals surface area (Å²) in [5, 5.41) is 0. The molecule has 0 aromatic heterocycles. The molecule has 2 aliphatic carbocycles. The van der Waals surface area contributed by atoms with Gasteiger partial charge in [0.2, 0.25) is 0 Å². The Hall–Kier alpha value is -1.15. The molecular weight excluding hydrogens is 574 g/mol. The Morgan fingerprint density at radius 2 is 0.853 bits per heavy atom. The summed E-state index contributed by atoms with van der Waals surface area (Å²) in [4.78, 5) is 0. The minimum absolute atomic E-state index is 0. The fraction of sp³-hybridized carbons (Fsp3) is 0.172. The van der Waals surface area contributed by atoms with Gasteiger partial charge >= 0.3 is 198 Å². The standard InChI is InChI=1S/2C13H9.C3H7.3ClH.H2Si.Zr/c2*1-3-7-12-10(5-1)9-11-6-2-4-8-13(11)12;1-3-2;;;;;/h2*1-9H;1,3H2,2H3;3*1H;1H2;/q;;;;;;;+1/p-1. The van der Waals surface area contributed by atoms with Crippen LogP contribution in [0.4, 0.5) is 0 Å². The van der Waals surface area contributed by atoms with E-state index in [0.717, 1.165) is 10.5 Å². The third-order valence-corrected chi connectivity index (χ3v) is 32.2. The zero-order valence-corrected chi connectivity index (χ0v) is 25.5. The van der Waals surface area contributed by atoms with E-state index in [9.17, 15) is 0 Å². The van der Waals surface area contributed by atoms with Crippen molar-refractivity contribution in [2.24, 2.45) is 0 Å². The first-order valence-corrected chi connectivity index (χ1v) is 25.3. The van der Waals surface area contributed by atoms with Crippen LogP contribution in [-0.4, -0.2) is 6.88 Å². The first-order chi connectivity index (χ1) is 15.5. The van der Waals surface area contributed by atoms with Gasteiger partial charge < -0.3 is 0 Å². The molecule has 0 radical (unpaired) electrons. The van der Waals surface area contributed by atoms with Crippen LogP contribution >= 0.6 is 33.3 Å². The number of hydrogen-bond acceptors (Lipinski definition) is 0. The van der Waals surface area contributed by atoms with E-state index < -0.39 is 16.2 Å². The molecule has 0 bridgehead atoms. The van der Waals surface area contributed by atoms with Crippen LogP contribution in [-0.2, 0) is 16.2 Å². The normalized spacial score (nSPS) is 14.3. The van der Waals surface area contributed by atoms with Crippen LogP contribution in [0.5, 0.6) is 0 Å². The van der Waals surface area contributed by atoms with E-state index in [1.165, 1.54) is 44.5 Å². The van der Waals surface area contributed by atoms with Crippen LogP contribution in [0.25, 0.3) is 22.3 Å². The first-order valence-electron chi connectivity index (χ1n) is 11.6. The minimum Gasteiger partial charge on any atom is -0.147 e. The van der Waals surface area contributed by atoms with Crippen LogP contribution < -0.4 is 0 Å². The molecule has 6 rings (SSSR count). The Balaban J connectivity index is 0.00000137. The van der Waals surface area contributed by atoms with Gasteiger partial charge in [0.25, 0.3) is 0 Å². The third-order valence-electron chi connectivity index (χ3n) is 7.85. The van der Waals surface area contributed by atoms with Gasteiger partial charge in [0.15, 0.2) is 0 Å². The van der Waals surface area contributed by atoms with Gasteiger partial charge in [-0.05, 0) is 0 Å². The van der Waals surface area contributed by atoms with E-state index in [4.69, 9.17) is 8.51 Å². The summed E-state index contributed by atoms with van der Waals surface area (Å²) < 4.78 is 1.79. The van der Waals surface area contributed by atoms with Crippen LogP contribution in [0.3, 0.4) is 0 Å². The van der Waals surface area contributed by atoms with Crippen LogP contribution in [0.2, 0.25) is 4.13 Å². The molecule has 4 aromatic carbocycles. The molecule has 0 unspecified atom stereocenters. The average molecular weight is 603 g/mol. The van der Waals surface area contributed by atoms with Gasteiger partial charge in [0.1, 0.15) is 0 Å². The summed E-state index contributed by atoms with van der Waals surface area (Å²) in [5.74, 6) is 0. The fourth-order valence-electron chi connectivity index (χ4n) is 6.80. The molecule has 0 aliphatic heterocycles. The predicted molar refractivity (Wildman–Crippen MR) is 151 cm³/mol. The number of halogens is 3. The summed E-state index contributed by atoms with van der Waals surface area (Å²) in [6, 6.07) is 36.1. The molecule has 0 nitrogen and oxygen atoms in total. The van der Waals surface area contributed by atoms with Crippen molar-refractivity contribution in [3.63, 3.8) is 0 Å². The van der Waals surface area contributed by atoms with E-state index in [1.807, 2.05) is 0 Å². The van der Waals surface area contributed by atoms with Crippen molar-refractivity contribution >= 4 is 40.2 Å². The molecular formula is C29H29Cl3SiZr. The first kappa shape index (κ1) is 25.9. The van der Waals surface area contributed by atoms with Crippen LogP contribution in [0.15, 0.2) is 97.1 Å². The molecule has 4 aromatic rings. The quantitative estimate of drug-likeness (QED) is 0.205. The second-order valence-electron chi connectivity index (χ2n) is 9.68. The predicted octanol–water partition coefficient (Wildman–Crippen LogP) is 8.59. The Bertz CT molecular complexity index is 1250. The average Bonchev–Trinajstić information content (AvgIpc) is 3.34. The van der Waals surface area contributed by atoms with Gasteiger partial charge in [-0.15, -0.1) is 24.8 Å². The third kappa shape index (κ3) is 3.56. The molecule has 0 fully saturated rings. The Labute approximate surface area is 221 Å². The molecule has 0 atom stereocenters. The van der Waals surface area contributed by atoms with Crippen molar-refractivity contribution in [2.75, 3.05) is 0 Å². The molecule has 174 valence electrons. The Kier molecular flexibility index (Phi) is 7.15. The van der Waals surface area contributed by atoms with Crippen molar-refractivity contribution in [3.8, 4) is 22.3 Å². The summed E-state index contributed by atoms with van der Waals surface area (Å²) in [7, 11) is 8.44. The van der Waals surface area contributed by atoms with Crippen molar-refractivity contribution in [1.82, 2.24) is 0 Å². The van der Waals surface area contributed by atoms with Gasteiger partial charge in [-0.2, -0.15) is 0 Å². The zero-order valence-electron chi connectivity index (χ0n) is 19.2. The minimum atomic E-state index is -4.11. The second kappa shape index (κ2) is 9.38. The molecule has 0 saturated heterocycles. The SMILES string of the molecule is CC[CH2][Zr](=[SiH2])([Cl])([CH]1c2ccccc2-c2ccccc21)[CH]1c2ccccc2-c2ccccc21.Cl.Cl. The molecule has 0 N–H and O–H groups in total. The molecule has 34 heavy (non-hydrogen) atoms. The smallest absolute Gasteiger partial charge is 0.147 e. The van der Waals surface area contributed by atoms with E-state index in [-0.39, 0.29) is 24.8 Å². The van der Waals surface area contributed by atoms with Gasteiger partial charge in [-0.1, -0.05) is 0 Å². The van der Waals surface area contributed by atoms with Crippen molar-refractivity contribution in [3.05, 3.63) is 119 Å². The fourth-order valence-corrected chi connectivity index (χ4v) is 32.7. The van der Waals surface area contributed by atoms with E-state index in [2.05, 4.69) is 111 Å². The Morgan fingerprint density at radius 3 is 1.12 bits per heavy atom. The molecule has 0 heterocycles. The van der Waals surface area contributed by atoms with Crippen LogP contribution in [0.1, 0.15) is 42.8 Å². The van der Waals surface area contributed by atoms with Gasteiger partial charge in [-0.25, -0.2) is 0 Å². The maximum atomic E-state index is 8.44. The summed E-state index contributed by atoms with van der Waals surface area (Å²) in [6.07, 6.45) is 1.12. The number of benzene rings is 4. The van der Waals surface area contributed by atoms with E-state index in [0.29, 0.717) is 7.25 Å². The number of rotatable bonds is 4. The zero-order chi connectivity index (χ0) is 21.9. The molecule has 0 saturated carbocycles. The topological polar surface area (TPSA) is 0 Å². The maximum absolute atomic E-state index is 8.44. The van der Waals surface area contributed by atoms with Gasteiger partial charge in [0.05, 0.1) is 0 Å². The molecule has 2 aliphatic rings. The van der Waals surface area contributed by atoms with E-state index in [1.54, 1.807) is 0 Å². The molecule has 0 spiro atoms. The molecule has 5 heteroatoms. The van der Waals surface area contributed by atoms with Crippen molar-refractivity contribution < 1.29 is 16.2 Å². The van der Waals surface area contributed by atoms with Crippen molar-refractivity contribution in [1.29, 1.82) is 0 Å². The second-order valence-corrected chi connectivity index (χ2v) is 40.5. The van der Waals surface area contributed by atoms with Crippen molar-refractivity contribution in [2.45, 2.75) is 24.7 Å². The number of fused-ring (bicyclic) bond motifs is 6. The molecule has 0 amide bonds. The van der Waals surface area contributed by atoms with E-state index >= 15 is 0 Å². The summed E-state index contributed by atoms with van der Waals surface area (Å²) in [6.45, 7) is 4.58. The van der Waals surface area contributed by atoms with Gasteiger partial charge in [0, 0.05) is 0 Å². The van der Waals surface area contributed by atoms with Gasteiger partial charge in [-0.3, -0.25) is 0 Å². The summed E-state index contributed by atoms with van der Waals surface area (Å²) >= 11 is -4.11. The Morgan fingerprint density at radius 1 is 0.588 bits per heavy atom. The van der Waals surface area contributed by atoms with Crippen LogP contribution in [0, 0.1) is 0 Å².